The maximum Gasteiger partial charge on any atom is 0.317 e. The molecule has 208 valence electrons. The average Bonchev–Trinajstić information content (AvgIpc) is 3.51. The number of hydrogen-bond donors (Lipinski definition) is 4. The molecule has 1 aliphatic heterocycles. The molecule has 0 spiro atoms. The molecule has 3 amide bonds. The summed E-state index contributed by atoms with van der Waals surface area (Å²) in [5.74, 6) is -0.350. The molecule has 40 heavy (non-hydrogen) atoms. The Labute approximate surface area is 233 Å². The van der Waals surface area contributed by atoms with Gasteiger partial charge < -0.3 is 20.5 Å². The van der Waals surface area contributed by atoms with Gasteiger partial charge in [0.15, 0.2) is 0 Å². The molecular formula is C29H32N6O4S. The Bertz CT molecular complexity index is 1660. The number of amides is 3. The average molecular weight is 561 g/mol. The van der Waals surface area contributed by atoms with E-state index in [9.17, 15) is 18.0 Å². The van der Waals surface area contributed by atoms with E-state index in [4.69, 9.17) is 0 Å². The van der Waals surface area contributed by atoms with Gasteiger partial charge in [0.25, 0.3) is 15.9 Å². The molecule has 0 aliphatic carbocycles. The highest BCUT2D eigenvalue weighted by atomic mass is 32.2. The highest BCUT2D eigenvalue weighted by Crippen LogP contribution is 2.33. The van der Waals surface area contributed by atoms with Crippen LogP contribution in [0.25, 0.3) is 22.2 Å². The third-order valence-corrected chi connectivity index (χ3v) is 8.23. The van der Waals surface area contributed by atoms with Crippen LogP contribution in [-0.2, 0) is 15.4 Å². The van der Waals surface area contributed by atoms with E-state index in [2.05, 4.69) is 46.1 Å². The number of sulfonamides is 1. The first-order valence-corrected chi connectivity index (χ1v) is 14.5. The number of pyridine rings is 1. The normalized spacial score (nSPS) is 13.9. The van der Waals surface area contributed by atoms with Crippen LogP contribution >= 0.6 is 0 Å². The number of nitrogens with one attached hydrogen (secondary N) is 4. The fraction of sp³-hybridized carbons (Fsp3) is 0.276. The van der Waals surface area contributed by atoms with Gasteiger partial charge in [-0.15, -0.1) is 0 Å². The van der Waals surface area contributed by atoms with Gasteiger partial charge in [-0.2, -0.15) is 0 Å². The van der Waals surface area contributed by atoms with Gasteiger partial charge in [0.2, 0.25) is 0 Å². The summed E-state index contributed by atoms with van der Waals surface area (Å²) in [4.78, 5) is 34.4. The standard InChI is InChI=1S/C29H32N6O4S/c1-29(2,3)20-9-11-22(12-10-20)40(38,39)34-21-17-23-24(19-7-5-4-6-8-19)25(33-26(23)32-18-21)27(36)30-13-15-35-16-14-31-28(35)37/h4-12,17-18,34H,13-16H2,1-3H3,(H,30,36)(H,31,37)(H,32,33). The Hall–Kier alpha value is -4.38. The predicted molar refractivity (Wildman–Crippen MR) is 155 cm³/mol. The minimum absolute atomic E-state index is 0.0976. The Morgan fingerprint density at radius 3 is 2.45 bits per heavy atom. The van der Waals surface area contributed by atoms with Crippen LogP contribution in [0.1, 0.15) is 36.8 Å². The second-order valence-corrected chi connectivity index (χ2v) is 12.4. The first kappa shape index (κ1) is 27.2. The van der Waals surface area contributed by atoms with Gasteiger partial charge in [0, 0.05) is 37.1 Å². The van der Waals surface area contributed by atoms with Crippen molar-refractivity contribution in [2.45, 2.75) is 31.1 Å². The number of fused-ring (bicyclic) bond motifs is 1. The monoisotopic (exact) mass is 560 g/mol. The lowest BCUT2D eigenvalue weighted by Gasteiger charge is -2.19. The van der Waals surface area contributed by atoms with Crippen LogP contribution in [0.5, 0.6) is 0 Å². The molecule has 2 aromatic heterocycles. The van der Waals surface area contributed by atoms with Crippen LogP contribution in [0.15, 0.2) is 71.8 Å². The van der Waals surface area contributed by atoms with E-state index >= 15 is 0 Å². The highest BCUT2D eigenvalue weighted by molar-refractivity contribution is 7.92. The molecule has 4 aromatic rings. The Morgan fingerprint density at radius 1 is 1.07 bits per heavy atom. The number of urea groups is 1. The molecule has 1 aliphatic rings. The topological polar surface area (TPSA) is 136 Å². The fourth-order valence-corrected chi connectivity index (χ4v) is 5.70. The minimum Gasteiger partial charge on any atom is -0.349 e. The van der Waals surface area contributed by atoms with Crippen LogP contribution in [0.4, 0.5) is 10.5 Å². The summed E-state index contributed by atoms with van der Waals surface area (Å²) in [6.45, 7) is 8.06. The lowest BCUT2D eigenvalue weighted by molar-refractivity contribution is 0.0946. The molecule has 0 saturated carbocycles. The molecule has 4 N–H and O–H groups in total. The van der Waals surface area contributed by atoms with E-state index in [0.717, 1.165) is 11.1 Å². The molecule has 10 nitrogen and oxygen atoms in total. The van der Waals surface area contributed by atoms with Crippen LogP contribution in [0.2, 0.25) is 0 Å². The zero-order valence-corrected chi connectivity index (χ0v) is 23.4. The summed E-state index contributed by atoms with van der Waals surface area (Å²) in [6.07, 6.45) is 1.42. The first-order valence-electron chi connectivity index (χ1n) is 13.0. The van der Waals surface area contributed by atoms with Crippen molar-refractivity contribution in [1.82, 2.24) is 25.5 Å². The van der Waals surface area contributed by atoms with Gasteiger partial charge in [0.1, 0.15) is 11.3 Å². The third kappa shape index (κ3) is 5.64. The summed E-state index contributed by atoms with van der Waals surface area (Å²) < 4.78 is 29.0. The number of benzene rings is 2. The lowest BCUT2D eigenvalue weighted by atomic mass is 9.87. The van der Waals surface area contributed by atoms with Crippen molar-refractivity contribution in [1.29, 1.82) is 0 Å². The maximum absolute atomic E-state index is 13.3. The second-order valence-electron chi connectivity index (χ2n) is 10.7. The predicted octanol–water partition coefficient (Wildman–Crippen LogP) is 4.08. The lowest BCUT2D eigenvalue weighted by Crippen LogP contribution is -2.37. The van der Waals surface area contributed by atoms with Gasteiger partial charge in [-0.05, 0) is 34.7 Å². The Morgan fingerprint density at radius 2 is 1.80 bits per heavy atom. The van der Waals surface area contributed by atoms with E-state index in [1.165, 1.54) is 6.20 Å². The van der Waals surface area contributed by atoms with Crippen molar-refractivity contribution in [3.63, 3.8) is 0 Å². The van der Waals surface area contributed by atoms with E-state index in [1.54, 1.807) is 23.1 Å². The van der Waals surface area contributed by atoms with Gasteiger partial charge in [0.05, 0.1) is 16.8 Å². The summed E-state index contributed by atoms with van der Waals surface area (Å²) in [5.41, 5.74) is 3.34. The Kier molecular flexibility index (Phi) is 7.24. The van der Waals surface area contributed by atoms with Crippen LogP contribution in [0, 0.1) is 0 Å². The van der Waals surface area contributed by atoms with Crippen molar-refractivity contribution >= 4 is 38.7 Å². The molecule has 2 aromatic carbocycles. The zero-order chi connectivity index (χ0) is 28.5. The van der Waals surface area contributed by atoms with Gasteiger partial charge in [-0.25, -0.2) is 18.2 Å². The highest BCUT2D eigenvalue weighted by Gasteiger charge is 2.23. The molecular weight excluding hydrogens is 528 g/mol. The van der Waals surface area contributed by atoms with Crippen LogP contribution < -0.4 is 15.4 Å². The zero-order valence-electron chi connectivity index (χ0n) is 22.6. The molecule has 5 rings (SSSR count). The van der Waals surface area contributed by atoms with E-state index in [1.807, 2.05) is 42.5 Å². The third-order valence-electron chi connectivity index (χ3n) is 6.84. The van der Waals surface area contributed by atoms with E-state index in [0.29, 0.717) is 41.9 Å². The number of aromatic nitrogens is 2. The molecule has 0 radical (unpaired) electrons. The van der Waals surface area contributed by atoms with Crippen molar-refractivity contribution in [2.24, 2.45) is 0 Å². The minimum atomic E-state index is -3.87. The fourth-order valence-electron chi connectivity index (χ4n) is 4.67. The number of carbonyl (C=O) groups excluding carboxylic acids is 2. The smallest absolute Gasteiger partial charge is 0.317 e. The molecule has 0 unspecified atom stereocenters. The number of rotatable bonds is 8. The molecule has 1 fully saturated rings. The van der Waals surface area contributed by atoms with Crippen molar-refractivity contribution in [3.05, 3.63) is 78.1 Å². The maximum atomic E-state index is 13.3. The van der Waals surface area contributed by atoms with Crippen molar-refractivity contribution in [2.75, 3.05) is 30.9 Å². The molecule has 0 atom stereocenters. The van der Waals surface area contributed by atoms with Crippen LogP contribution in [0.3, 0.4) is 0 Å². The summed E-state index contributed by atoms with van der Waals surface area (Å²) in [6, 6.07) is 17.7. The Balaban J connectivity index is 1.44. The second kappa shape index (κ2) is 10.6. The summed E-state index contributed by atoms with van der Waals surface area (Å²) >= 11 is 0. The number of aromatic amines is 1. The van der Waals surface area contributed by atoms with Gasteiger partial charge in [-0.3, -0.25) is 9.52 Å². The van der Waals surface area contributed by atoms with Gasteiger partial charge >= 0.3 is 6.03 Å². The first-order chi connectivity index (χ1) is 19.0. The molecule has 0 bridgehead atoms. The molecule has 11 heteroatoms. The van der Waals surface area contributed by atoms with Crippen LogP contribution in [-0.4, -0.2) is 61.4 Å². The quantitative estimate of drug-likeness (QED) is 0.257. The molecule has 1 saturated heterocycles. The number of nitrogens with zero attached hydrogens (tertiary/aromatic N) is 2. The summed E-state index contributed by atoms with van der Waals surface area (Å²) in [5, 5.41) is 6.21. The molecule has 3 heterocycles. The largest absolute Gasteiger partial charge is 0.349 e. The summed E-state index contributed by atoms with van der Waals surface area (Å²) in [7, 11) is -3.87. The van der Waals surface area contributed by atoms with E-state index < -0.39 is 10.0 Å². The number of carbonyl (C=O) groups is 2. The van der Waals surface area contributed by atoms with E-state index in [-0.39, 0.29) is 34.5 Å². The van der Waals surface area contributed by atoms with Crippen molar-refractivity contribution in [3.8, 4) is 11.1 Å². The number of anilines is 1. The SMILES string of the molecule is CC(C)(C)c1ccc(S(=O)(=O)Nc2cnc3[nH]c(C(=O)NCCN4CCNC4=O)c(-c4ccccc4)c3c2)cc1. The van der Waals surface area contributed by atoms with Gasteiger partial charge in [-0.1, -0.05) is 63.2 Å². The van der Waals surface area contributed by atoms with Crippen molar-refractivity contribution < 1.29 is 18.0 Å². The number of H-pyrrole nitrogens is 1. The number of hydrogen-bond acceptors (Lipinski definition) is 5.